The summed E-state index contributed by atoms with van der Waals surface area (Å²) in [5.41, 5.74) is 10.5. The van der Waals surface area contributed by atoms with Gasteiger partial charge in [0.15, 0.2) is 0 Å². The molecule has 2 rings (SSSR count). The van der Waals surface area contributed by atoms with E-state index in [1.807, 2.05) is 0 Å². The van der Waals surface area contributed by atoms with Gasteiger partial charge in [0, 0.05) is 22.1 Å². The number of carbonyl (C=O) groups is 2. The Morgan fingerprint density at radius 2 is 1.37 bits per heavy atom. The number of rotatable bonds is 4. The van der Waals surface area contributed by atoms with Crippen LogP contribution in [-0.2, 0) is 15.0 Å². The van der Waals surface area contributed by atoms with Crippen LogP contribution < -0.4 is 11.5 Å². The maximum atomic E-state index is 11.9. The minimum atomic E-state index is -1.78. The third-order valence-corrected chi connectivity index (χ3v) is 4.78. The fraction of sp³-hybridized carbons (Fsp3) is 0.273. The number of nitrogens with two attached hydrogens (primary N) is 2. The lowest BCUT2D eigenvalue weighted by atomic mass is 9.87. The molecule has 2 aromatic heterocycles. The number of primary amides is 2. The van der Waals surface area contributed by atoms with Crippen molar-refractivity contribution in [2.45, 2.75) is 19.3 Å². The summed E-state index contributed by atoms with van der Waals surface area (Å²) in [4.78, 5) is 32.3. The van der Waals surface area contributed by atoms with Crippen LogP contribution in [0.2, 0.25) is 0 Å². The summed E-state index contributed by atoms with van der Waals surface area (Å²) in [7, 11) is 0. The summed E-state index contributed by atoms with van der Waals surface area (Å²) >= 11 is 2.34. The fourth-order valence-electron chi connectivity index (χ4n) is 1.69. The average molecular weight is 296 g/mol. The van der Waals surface area contributed by atoms with Gasteiger partial charge in [0.1, 0.15) is 10.0 Å². The summed E-state index contributed by atoms with van der Waals surface area (Å²) in [6.45, 7) is 3.53. The Labute approximate surface area is 117 Å². The second-order valence-electron chi connectivity index (χ2n) is 4.07. The van der Waals surface area contributed by atoms with Crippen molar-refractivity contribution >= 4 is 34.5 Å². The van der Waals surface area contributed by atoms with Crippen LogP contribution in [0.5, 0.6) is 0 Å². The Morgan fingerprint density at radius 3 is 1.58 bits per heavy atom. The zero-order valence-corrected chi connectivity index (χ0v) is 12.0. The second-order valence-corrected chi connectivity index (χ2v) is 5.78. The van der Waals surface area contributed by atoms with Gasteiger partial charge >= 0.3 is 0 Å². The Morgan fingerprint density at radius 1 is 1.00 bits per heavy atom. The number of aromatic nitrogens is 2. The van der Waals surface area contributed by atoms with Gasteiger partial charge in [0.2, 0.25) is 17.2 Å². The van der Waals surface area contributed by atoms with E-state index in [0.717, 1.165) is 0 Å². The topological polar surface area (TPSA) is 112 Å². The first kappa shape index (κ1) is 13.6. The maximum absolute atomic E-state index is 11.9. The van der Waals surface area contributed by atoms with E-state index in [2.05, 4.69) is 9.97 Å². The third kappa shape index (κ3) is 2.02. The smallest absolute Gasteiger partial charge is 0.247 e. The number of thiazole rings is 2. The summed E-state index contributed by atoms with van der Waals surface area (Å²) in [6.07, 6.45) is 0. The molecule has 0 aliphatic carbocycles. The van der Waals surface area contributed by atoms with Crippen LogP contribution in [-0.4, -0.2) is 21.8 Å². The Balaban J connectivity index is 2.75. The molecule has 8 heteroatoms. The summed E-state index contributed by atoms with van der Waals surface area (Å²) in [5, 5.41) is 3.99. The highest BCUT2D eigenvalue weighted by Gasteiger charge is 2.51. The van der Waals surface area contributed by atoms with Crippen LogP contribution in [0.25, 0.3) is 0 Å². The first-order chi connectivity index (χ1) is 8.88. The van der Waals surface area contributed by atoms with E-state index in [1.54, 1.807) is 24.6 Å². The van der Waals surface area contributed by atoms with Gasteiger partial charge in [-0.3, -0.25) is 9.59 Å². The SMILES string of the molecule is Cc1csc(C(C(N)=O)(C(N)=O)c2nc(C)cs2)n1. The molecule has 19 heavy (non-hydrogen) atoms. The lowest BCUT2D eigenvalue weighted by Crippen LogP contribution is -2.52. The summed E-state index contributed by atoms with van der Waals surface area (Å²) < 4.78 is 0. The molecule has 0 fully saturated rings. The van der Waals surface area contributed by atoms with E-state index in [-0.39, 0.29) is 10.0 Å². The molecule has 0 bridgehead atoms. The van der Waals surface area contributed by atoms with E-state index in [0.29, 0.717) is 11.4 Å². The maximum Gasteiger partial charge on any atom is 0.247 e. The molecule has 0 spiro atoms. The number of hydrogen-bond donors (Lipinski definition) is 2. The van der Waals surface area contributed by atoms with E-state index in [1.165, 1.54) is 22.7 Å². The van der Waals surface area contributed by atoms with Crippen LogP contribution >= 0.6 is 22.7 Å². The fourth-order valence-corrected chi connectivity index (χ4v) is 3.76. The predicted molar refractivity (Wildman–Crippen MR) is 72.9 cm³/mol. The van der Waals surface area contributed by atoms with E-state index < -0.39 is 17.2 Å². The number of hydrogen-bond acceptors (Lipinski definition) is 6. The quantitative estimate of drug-likeness (QED) is 0.799. The van der Waals surface area contributed by atoms with Gasteiger partial charge in [-0.25, -0.2) is 9.97 Å². The summed E-state index contributed by atoms with van der Waals surface area (Å²) in [5.74, 6) is -1.72. The largest absolute Gasteiger partial charge is 0.368 e. The molecular formula is C11H12N4O2S2. The normalized spacial score (nSPS) is 11.5. The Bertz CT molecular complexity index is 590. The molecule has 2 heterocycles. The molecule has 0 saturated carbocycles. The molecule has 0 unspecified atom stereocenters. The molecule has 0 aromatic carbocycles. The zero-order valence-electron chi connectivity index (χ0n) is 10.3. The van der Waals surface area contributed by atoms with Crippen molar-refractivity contribution in [1.29, 1.82) is 0 Å². The average Bonchev–Trinajstić information content (AvgIpc) is 2.89. The lowest BCUT2D eigenvalue weighted by Gasteiger charge is -2.22. The molecule has 0 aliphatic heterocycles. The van der Waals surface area contributed by atoms with Gasteiger partial charge in [-0.05, 0) is 13.8 Å². The van der Waals surface area contributed by atoms with Crippen LogP contribution in [0, 0.1) is 13.8 Å². The van der Waals surface area contributed by atoms with Crippen molar-refractivity contribution in [1.82, 2.24) is 9.97 Å². The first-order valence-corrected chi connectivity index (χ1v) is 7.10. The van der Waals surface area contributed by atoms with Crippen LogP contribution in [0.3, 0.4) is 0 Å². The molecule has 2 amide bonds. The zero-order chi connectivity index (χ0) is 14.2. The van der Waals surface area contributed by atoms with Crippen LogP contribution in [0.15, 0.2) is 10.8 Å². The minimum Gasteiger partial charge on any atom is -0.368 e. The molecule has 100 valence electrons. The number of nitrogens with zero attached hydrogens (tertiary/aromatic N) is 2. The lowest BCUT2D eigenvalue weighted by molar-refractivity contribution is -0.132. The Hall–Kier alpha value is -1.80. The molecule has 6 nitrogen and oxygen atoms in total. The van der Waals surface area contributed by atoms with Gasteiger partial charge in [-0.15, -0.1) is 22.7 Å². The van der Waals surface area contributed by atoms with Crippen LogP contribution in [0.1, 0.15) is 21.4 Å². The molecule has 0 atom stereocenters. The van der Waals surface area contributed by atoms with Crippen molar-refractivity contribution < 1.29 is 9.59 Å². The van der Waals surface area contributed by atoms with Crippen molar-refractivity contribution in [2.24, 2.45) is 11.5 Å². The molecular weight excluding hydrogens is 284 g/mol. The van der Waals surface area contributed by atoms with Gasteiger partial charge < -0.3 is 11.5 Å². The van der Waals surface area contributed by atoms with Gasteiger partial charge in [0.05, 0.1) is 0 Å². The second kappa shape index (κ2) is 4.71. The standard InChI is InChI=1S/C11H12N4O2S2/c1-5-3-18-9(14-5)11(7(12)16,8(13)17)10-15-6(2)4-19-10/h3-4H,1-2H3,(H2,12,16)(H2,13,17). The molecule has 0 saturated heterocycles. The van der Waals surface area contributed by atoms with Crippen molar-refractivity contribution in [3.05, 3.63) is 32.2 Å². The predicted octanol–water partition coefficient (Wildman–Crippen LogP) is 0.473. The van der Waals surface area contributed by atoms with E-state index in [4.69, 9.17) is 11.5 Å². The molecule has 2 aromatic rings. The molecule has 4 N–H and O–H groups in total. The number of carbonyl (C=O) groups excluding carboxylic acids is 2. The van der Waals surface area contributed by atoms with Gasteiger partial charge in [-0.1, -0.05) is 0 Å². The number of amides is 2. The summed E-state index contributed by atoms with van der Waals surface area (Å²) in [6, 6.07) is 0. The van der Waals surface area contributed by atoms with E-state index in [9.17, 15) is 9.59 Å². The molecule has 0 aliphatic rings. The highest BCUT2D eigenvalue weighted by atomic mass is 32.1. The highest BCUT2D eigenvalue weighted by molar-refractivity contribution is 7.12. The van der Waals surface area contributed by atoms with Crippen molar-refractivity contribution in [3.8, 4) is 0 Å². The van der Waals surface area contributed by atoms with Crippen molar-refractivity contribution in [3.63, 3.8) is 0 Å². The number of aryl methyl sites for hydroxylation is 2. The Kier molecular flexibility index (Phi) is 3.38. The monoisotopic (exact) mass is 296 g/mol. The molecule has 0 radical (unpaired) electrons. The van der Waals surface area contributed by atoms with Gasteiger partial charge in [-0.2, -0.15) is 0 Å². The minimum absolute atomic E-state index is 0.263. The van der Waals surface area contributed by atoms with Gasteiger partial charge in [0.25, 0.3) is 0 Å². The third-order valence-electron chi connectivity index (χ3n) is 2.62. The first-order valence-electron chi connectivity index (χ1n) is 5.34. The van der Waals surface area contributed by atoms with Crippen LogP contribution in [0.4, 0.5) is 0 Å². The van der Waals surface area contributed by atoms with E-state index >= 15 is 0 Å². The highest BCUT2D eigenvalue weighted by Crippen LogP contribution is 2.36. The van der Waals surface area contributed by atoms with Crippen molar-refractivity contribution in [2.75, 3.05) is 0 Å².